The highest BCUT2D eigenvalue weighted by atomic mass is 16.3. The van der Waals surface area contributed by atoms with E-state index < -0.39 is 0 Å². The Bertz CT molecular complexity index is 1830. The molecule has 0 aliphatic heterocycles. The van der Waals surface area contributed by atoms with Crippen molar-refractivity contribution in [2.45, 2.75) is 27.7 Å². The van der Waals surface area contributed by atoms with E-state index in [0.29, 0.717) is 33.2 Å². The molecular weight excluding hydrogens is 520 g/mol. The smallest absolute Gasteiger partial charge is 0.122 e. The van der Waals surface area contributed by atoms with Gasteiger partial charge in [-0.3, -0.25) is 19.9 Å². The minimum Gasteiger partial charge on any atom is -0.507 e. The van der Waals surface area contributed by atoms with Crippen LogP contribution in [0.3, 0.4) is 0 Å². The van der Waals surface area contributed by atoms with E-state index in [0.717, 1.165) is 33.2 Å². The SMILES string of the molecule is Cc1nc2ccccc2nc(C)c(=Cc2ccccc2O)c(C)nc2ccccc2nc(C)c1=Cc1ccccc1O. The molecule has 0 unspecified atom stereocenters. The Hall–Kier alpha value is -5.36. The van der Waals surface area contributed by atoms with Gasteiger partial charge >= 0.3 is 0 Å². The minimum atomic E-state index is 0.176. The van der Waals surface area contributed by atoms with Crippen molar-refractivity contribution in [2.75, 3.05) is 0 Å². The molecule has 0 amide bonds. The summed E-state index contributed by atoms with van der Waals surface area (Å²) in [5.74, 6) is 0.352. The van der Waals surface area contributed by atoms with Gasteiger partial charge in [0.05, 0.1) is 22.1 Å². The summed E-state index contributed by atoms with van der Waals surface area (Å²) in [4.78, 5) is 20.0. The Balaban J connectivity index is 2.02. The van der Waals surface area contributed by atoms with Crippen molar-refractivity contribution in [3.8, 4) is 11.5 Å². The summed E-state index contributed by atoms with van der Waals surface area (Å²) in [6, 6.07) is 29.8. The average molecular weight is 553 g/mol. The van der Waals surface area contributed by atoms with Gasteiger partial charge in [0.2, 0.25) is 0 Å². The number of phenols is 2. The molecule has 0 aliphatic rings. The summed E-state index contributed by atoms with van der Waals surface area (Å²) in [5.41, 5.74) is 7.00. The van der Waals surface area contributed by atoms with E-state index in [-0.39, 0.29) is 11.5 Å². The van der Waals surface area contributed by atoms with Gasteiger partial charge in [0.25, 0.3) is 0 Å². The maximum Gasteiger partial charge on any atom is 0.122 e. The molecule has 208 valence electrons. The number of benzene rings is 4. The number of nitrogens with zero attached hydrogens (tertiary/aromatic N) is 4. The zero-order valence-corrected chi connectivity index (χ0v) is 24.1. The Morgan fingerprint density at radius 3 is 0.952 bits per heavy atom. The normalized spacial score (nSPS) is 10.6. The molecule has 0 saturated heterocycles. The second-order valence-corrected chi connectivity index (χ2v) is 10.00. The first-order valence-electron chi connectivity index (χ1n) is 13.7. The maximum atomic E-state index is 10.5. The number of aryl methyl sites for hydroxylation is 4. The Morgan fingerprint density at radius 2 is 0.667 bits per heavy atom. The third-order valence-electron chi connectivity index (χ3n) is 6.95. The summed E-state index contributed by atoms with van der Waals surface area (Å²) in [5, 5.41) is 22.6. The molecule has 5 aromatic rings. The molecular formula is C36H32N4O2. The van der Waals surface area contributed by atoms with Gasteiger partial charge in [-0.05, 0) is 76.2 Å². The fraction of sp³-hybridized carbons (Fsp3) is 0.111. The van der Waals surface area contributed by atoms with Crippen molar-refractivity contribution in [2.24, 2.45) is 0 Å². The van der Waals surface area contributed by atoms with Crippen molar-refractivity contribution >= 4 is 34.2 Å². The molecule has 1 heterocycles. The molecule has 6 nitrogen and oxygen atoms in total. The van der Waals surface area contributed by atoms with Crippen molar-refractivity contribution in [3.05, 3.63) is 141 Å². The van der Waals surface area contributed by atoms with Crippen LogP contribution in [-0.2, 0) is 0 Å². The van der Waals surface area contributed by atoms with Gasteiger partial charge in [-0.1, -0.05) is 60.7 Å². The minimum absolute atomic E-state index is 0.176. The third-order valence-corrected chi connectivity index (χ3v) is 6.95. The number of aromatic nitrogens is 4. The predicted octanol–water partition coefficient (Wildman–Crippen LogP) is 6.12. The van der Waals surface area contributed by atoms with Gasteiger partial charge in [-0.25, -0.2) is 0 Å². The fourth-order valence-corrected chi connectivity index (χ4v) is 4.74. The first kappa shape index (κ1) is 28.2. The van der Waals surface area contributed by atoms with Gasteiger partial charge in [0.1, 0.15) is 11.5 Å². The van der Waals surface area contributed by atoms with Crippen LogP contribution in [0.4, 0.5) is 0 Å². The lowest BCUT2D eigenvalue weighted by atomic mass is 10.1. The number of phenolic OH excluding ortho intramolecular Hbond substituents is 2. The number of hydrogen-bond donors (Lipinski definition) is 2. The third kappa shape index (κ3) is 6.34. The fourth-order valence-electron chi connectivity index (χ4n) is 4.74. The summed E-state index contributed by atoms with van der Waals surface area (Å²) >= 11 is 0. The van der Waals surface area contributed by atoms with E-state index in [4.69, 9.17) is 19.9 Å². The molecule has 0 bridgehead atoms. The zero-order chi connectivity index (χ0) is 29.6. The van der Waals surface area contributed by atoms with Gasteiger partial charge in [-0.15, -0.1) is 0 Å². The van der Waals surface area contributed by atoms with Crippen LogP contribution in [0.1, 0.15) is 33.9 Å². The monoisotopic (exact) mass is 552 g/mol. The lowest BCUT2D eigenvalue weighted by Gasteiger charge is -2.03. The van der Waals surface area contributed by atoms with E-state index in [1.54, 1.807) is 24.3 Å². The molecule has 0 fully saturated rings. The predicted molar refractivity (Wildman–Crippen MR) is 169 cm³/mol. The standard InChI is InChI=1S/C36H32N4O2/c1-23-29(21-27-13-5-11-19-35(27)41)24(2)38-33-17-9-10-18-34(33)40-26(4)30(22-28-14-6-12-20-36(28)42)25(3)39-32-16-8-7-15-31(32)37-23/h5-22,41-42H,1-4H3. The van der Waals surface area contributed by atoms with Crippen LogP contribution >= 0.6 is 0 Å². The number of para-hydroxylation sites is 6. The largest absolute Gasteiger partial charge is 0.507 e. The average Bonchev–Trinajstić information content (AvgIpc) is 2.97. The Kier molecular flexibility index (Phi) is 8.34. The number of fused-ring (bicyclic) bond motifs is 2. The molecule has 1 aromatic heterocycles. The molecule has 2 N–H and O–H groups in total. The van der Waals surface area contributed by atoms with Crippen LogP contribution in [-0.4, -0.2) is 30.1 Å². The lowest BCUT2D eigenvalue weighted by Crippen LogP contribution is -2.13. The molecule has 0 atom stereocenters. The summed E-state index contributed by atoms with van der Waals surface area (Å²) in [7, 11) is 0. The highest BCUT2D eigenvalue weighted by Gasteiger charge is 2.03. The molecule has 42 heavy (non-hydrogen) atoms. The highest BCUT2D eigenvalue weighted by molar-refractivity contribution is 5.74. The molecule has 0 saturated carbocycles. The van der Waals surface area contributed by atoms with E-state index in [2.05, 4.69) is 0 Å². The van der Waals surface area contributed by atoms with E-state index in [9.17, 15) is 10.2 Å². The molecule has 0 aliphatic carbocycles. The van der Waals surface area contributed by atoms with Gasteiger partial charge in [0, 0.05) is 44.3 Å². The molecule has 0 spiro atoms. The second kappa shape index (κ2) is 12.4. The van der Waals surface area contributed by atoms with Crippen LogP contribution in [0, 0.1) is 27.7 Å². The van der Waals surface area contributed by atoms with Crippen LogP contribution in [0.25, 0.3) is 34.2 Å². The topological polar surface area (TPSA) is 92.0 Å². The number of hydrogen-bond acceptors (Lipinski definition) is 6. The maximum absolute atomic E-state index is 10.5. The first-order chi connectivity index (χ1) is 20.3. The molecule has 6 heteroatoms. The first-order valence-corrected chi connectivity index (χ1v) is 13.7. The molecule has 0 radical (unpaired) electrons. The zero-order valence-electron chi connectivity index (χ0n) is 24.1. The Morgan fingerprint density at radius 1 is 0.405 bits per heavy atom. The van der Waals surface area contributed by atoms with Crippen molar-refractivity contribution in [1.29, 1.82) is 0 Å². The van der Waals surface area contributed by atoms with Crippen molar-refractivity contribution in [3.63, 3.8) is 0 Å². The molecule has 5 rings (SSSR count). The lowest BCUT2D eigenvalue weighted by molar-refractivity contribution is 0.473. The van der Waals surface area contributed by atoms with Crippen LogP contribution in [0.15, 0.2) is 97.1 Å². The van der Waals surface area contributed by atoms with Crippen LogP contribution in [0.5, 0.6) is 11.5 Å². The van der Waals surface area contributed by atoms with E-state index in [1.165, 1.54) is 0 Å². The summed E-state index contributed by atoms with van der Waals surface area (Å²) < 4.78 is 0. The summed E-state index contributed by atoms with van der Waals surface area (Å²) in [6.45, 7) is 7.73. The van der Waals surface area contributed by atoms with Gasteiger partial charge in [0.15, 0.2) is 0 Å². The number of aromatic hydroxyl groups is 2. The van der Waals surface area contributed by atoms with E-state index >= 15 is 0 Å². The quantitative estimate of drug-likeness (QED) is 0.274. The van der Waals surface area contributed by atoms with Crippen LogP contribution in [0.2, 0.25) is 0 Å². The van der Waals surface area contributed by atoms with Gasteiger partial charge in [-0.2, -0.15) is 0 Å². The van der Waals surface area contributed by atoms with Crippen LogP contribution < -0.4 is 10.4 Å². The van der Waals surface area contributed by atoms with Gasteiger partial charge < -0.3 is 10.2 Å². The second-order valence-electron chi connectivity index (χ2n) is 10.00. The molecule has 4 aromatic carbocycles. The number of rotatable bonds is 2. The van der Waals surface area contributed by atoms with E-state index in [1.807, 2.05) is 113 Å². The highest BCUT2D eigenvalue weighted by Crippen LogP contribution is 2.17. The van der Waals surface area contributed by atoms with Crippen molar-refractivity contribution < 1.29 is 10.2 Å². The Labute approximate surface area is 244 Å². The summed E-state index contributed by atoms with van der Waals surface area (Å²) in [6.07, 6.45) is 3.81. The van der Waals surface area contributed by atoms with Crippen molar-refractivity contribution in [1.82, 2.24) is 19.9 Å².